The van der Waals surface area contributed by atoms with Gasteiger partial charge in [-0.05, 0) is 12.1 Å². The van der Waals surface area contributed by atoms with Gasteiger partial charge in [-0.3, -0.25) is 0 Å². The Morgan fingerprint density at radius 2 is 1.86 bits per heavy atom. The van der Waals surface area contributed by atoms with Gasteiger partial charge in [0, 0.05) is 19.2 Å². The van der Waals surface area contributed by atoms with Crippen molar-refractivity contribution >= 4 is 30.9 Å². The van der Waals surface area contributed by atoms with Crippen LogP contribution in [0.1, 0.15) is 5.82 Å². The molecule has 9 heteroatoms. The average molecular weight is 331 g/mol. The highest BCUT2D eigenvalue weighted by atomic mass is 32.2. The largest absolute Gasteiger partial charge is 0.342 e. The van der Waals surface area contributed by atoms with E-state index in [0.717, 1.165) is 17.3 Å². The molecule has 0 fully saturated rings. The summed E-state index contributed by atoms with van der Waals surface area (Å²) in [6, 6.07) is 7.52. The second kappa shape index (κ2) is 6.12. The Hall–Kier alpha value is -1.45. The van der Waals surface area contributed by atoms with E-state index in [1.807, 2.05) is 24.3 Å². The number of hydrogen-bond acceptors (Lipinski definition) is 5. The molecule has 2 aromatic rings. The van der Waals surface area contributed by atoms with Crippen LogP contribution in [0.25, 0.3) is 11.0 Å². The molecule has 0 saturated carbocycles. The minimum atomic E-state index is -3.59. The first-order valence-corrected chi connectivity index (χ1v) is 10.1. The fourth-order valence-corrected chi connectivity index (χ4v) is 4.43. The quantitative estimate of drug-likeness (QED) is 0.746. The lowest BCUT2D eigenvalue weighted by Crippen LogP contribution is -2.31. The second-order valence-corrected chi connectivity index (χ2v) is 8.98. The average Bonchev–Trinajstić information content (AvgIpc) is 2.78. The van der Waals surface area contributed by atoms with Crippen molar-refractivity contribution in [3.8, 4) is 0 Å². The number of sulfone groups is 1. The number of fused-ring (bicyclic) bond motifs is 1. The zero-order valence-electron chi connectivity index (χ0n) is 11.5. The van der Waals surface area contributed by atoms with E-state index in [1.54, 1.807) is 0 Å². The standard InChI is InChI=1S/C12H17N3O4S2/c1-20(16,17)8-9-21(18,19)13-7-6-12-14-10-4-2-3-5-11(10)15-12/h2-5,13H,6-9H2,1H3,(H,14,15). The molecular weight excluding hydrogens is 314 g/mol. The van der Waals surface area contributed by atoms with Crippen LogP contribution < -0.4 is 4.72 Å². The minimum absolute atomic E-state index is 0.173. The highest BCUT2D eigenvalue weighted by molar-refractivity contribution is 7.93. The van der Waals surface area contributed by atoms with Crippen molar-refractivity contribution in [1.82, 2.24) is 14.7 Å². The van der Waals surface area contributed by atoms with E-state index in [0.29, 0.717) is 12.2 Å². The number of hydrogen-bond donors (Lipinski definition) is 2. The van der Waals surface area contributed by atoms with Crippen molar-refractivity contribution in [2.45, 2.75) is 6.42 Å². The molecule has 0 aliphatic rings. The molecule has 0 unspecified atom stereocenters. The van der Waals surface area contributed by atoms with Gasteiger partial charge in [-0.2, -0.15) is 0 Å². The molecule has 116 valence electrons. The molecule has 21 heavy (non-hydrogen) atoms. The Morgan fingerprint density at radius 3 is 2.52 bits per heavy atom. The number of imidazole rings is 1. The van der Waals surface area contributed by atoms with Crippen LogP contribution in [0.2, 0.25) is 0 Å². The van der Waals surface area contributed by atoms with E-state index < -0.39 is 25.6 Å². The van der Waals surface area contributed by atoms with Crippen molar-refractivity contribution in [1.29, 1.82) is 0 Å². The second-order valence-electron chi connectivity index (χ2n) is 4.79. The van der Waals surface area contributed by atoms with E-state index in [4.69, 9.17) is 0 Å². The fourth-order valence-electron chi connectivity index (χ4n) is 1.78. The Labute approximate surface area is 123 Å². The van der Waals surface area contributed by atoms with Crippen molar-refractivity contribution in [2.24, 2.45) is 0 Å². The number of aromatic amines is 1. The summed E-state index contributed by atoms with van der Waals surface area (Å²) >= 11 is 0. The lowest BCUT2D eigenvalue weighted by atomic mass is 10.3. The van der Waals surface area contributed by atoms with Gasteiger partial charge in [0.2, 0.25) is 10.0 Å². The third-order valence-corrected chi connectivity index (χ3v) is 5.43. The highest BCUT2D eigenvalue weighted by Gasteiger charge is 2.14. The van der Waals surface area contributed by atoms with Gasteiger partial charge in [0.1, 0.15) is 15.7 Å². The van der Waals surface area contributed by atoms with Crippen molar-refractivity contribution in [3.63, 3.8) is 0 Å². The highest BCUT2D eigenvalue weighted by Crippen LogP contribution is 2.10. The molecule has 0 radical (unpaired) electrons. The van der Waals surface area contributed by atoms with Crippen LogP contribution >= 0.6 is 0 Å². The fraction of sp³-hybridized carbons (Fsp3) is 0.417. The van der Waals surface area contributed by atoms with Crippen LogP contribution in [0.15, 0.2) is 24.3 Å². The molecule has 2 rings (SSSR count). The summed E-state index contributed by atoms with van der Waals surface area (Å²) in [6.45, 7) is 0.173. The molecule has 1 aromatic carbocycles. The summed E-state index contributed by atoms with van der Waals surface area (Å²) in [5, 5.41) is 0. The van der Waals surface area contributed by atoms with Crippen LogP contribution in [0.5, 0.6) is 0 Å². The van der Waals surface area contributed by atoms with Gasteiger partial charge in [-0.15, -0.1) is 0 Å². The maximum atomic E-state index is 11.6. The predicted octanol–water partition coefficient (Wildman–Crippen LogP) is 0.0694. The van der Waals surface area contributed by atoms with E-state index in [9.17, 15) is 16.8 Å². The Kier molecular flexibility index (Phi) is 4.64. The zero-order chi connectivity index (χ0) is 15.5. The van der Waals surface area contributed by atoms with Crippen LogP contribution in [0.3, 0.4) is 0 Å². The zero-order valence-corrected chi connectivity index (χ0v) is 13.2. The number of H-pyrrole nitrogens is 1. The SMILES string of the molecule is CS(=O)(=O)CCS(=O)(=O)NCCc1nc2ccccc2[nH]1. The maximum absolute atomic E-state index is 11.6. The Balaban J connectivity index is 1.88. The monoisotopic (exact) mass is 331 g/mol. The molecule has 0 saturated heterocycles. The molecule has 0 amide bonds. The first-order chi connectivity index (χ1) is 9.75. The van der Waals surface area contributed by atoms with Crippen LogP contribution in [-0.4, -0.2) is 51.1 Å². The number of nitrogens with zero attached hydrogens (tertiary/aromatic N) is 1. The Bertz CT molecular complexity index is 792. The van der Waals surface area contributed by atoms with E-state index in [1.165, 1.54) is 0 Å². The third kappa shape index (κ3) is 5.10. The number of sulfonamides is 1. The number of para-hydroxylation sites is 2. The van der Waals surface area contributed by atoms with Gasteiger partial charge in [0.15, 0.2) is 0 Å². The molecule has 0 atom stereocenters. The summed E-state index contributed by atoms with van der Waals surface area (Å²) in [5.74, 6) is -0.124. The summed E-state index contributed by atoms with van der Waals surface area (Å²) in [6.07, 6.45) is 1.42. The molecule has 0 aliphatic carbocycles. The molecule has 0 bridgehead atoms. The molecule has 7 nitrogen and oxygen atoms in total. The summed E-state index contributed by atoms with van der Waals surface area (Å²) < 4.78 is 47.6. The minimum Gasteiger partial charge on any atom is -0.342 e. The summed E-state index contributed by atoms with van der Waals surface area (Å²) in [7, 11) is -6.88. The first kappa shape index (κ1) is 15.9. The van der Waals surface area contributed by atoms with Crippen molar-refractivity contribution in [3.05, 3.63) is 30.1 Å². The molecular formula is C12H17N3O4S2. The first-order valence-electron chi connectivity index (χ1n) is 6.34. The maximum Gasteiger partial charge on any atom is 0.212 e. The molecule has 2 N–H and O–H groups in total. The van der Waals surface area contributed by atoms with Gasteiger partial charge < -0.3 is 4.98 Å². The van der Waals surface area contributed by atoms with Crippen LogP contribution in [0, 0.1) is 0 Å². The lowest BCUT2D eigenvalue weighted by Gasteiger charge is -2.04. The molecule has 1 heterocycles. The number of rotatable bonds is 7. The van der Waals surface area contributed by atoms with Gasteiger partial charge >= 0.3 is 0 Å². The third-order valence-electron chi connectivity index (χ3n) is 2.85. The van der Waals surface area contributed by atoms with E-state index >= 15 is 0 Å². The number of aromatic nitrogens is 2. The smallest absolute Gasteiger partial charge is 0.212 e. The molecule has 0 aliphatic heterocycles. The van der Waals surface area contributed by atoms with Crippen molar-refractivity contribution < 1.29 is 16.8 Å². The number of nitrogens with one attached hydrogen (secondary N) is 2. The van der Waals surface area contributed by atoms with Gasteiger partial charge in [-0.1, -0.05) is 12.1 Å². The van der Waals surface area contributed by atoms with E-state index in [2.05, 4.69) is 14.7 Å². The summed E-state index contributed by atoms with van der Waals surface area (Å²) in [5.41, 5.74) is 1.72. The van der Waals surface area contributed by atoms with Gasteiger partial charge in [0.25, 0.3) is 0 Å². The topological polar surface area (TPSA) is 109 Å². The molecule has 0 spiro atoms. The van der Waals surface area contributed by atoms with Gasteiger partial charge in [0.05, 0.1) is 22.5 Å². The van der Waals surface area contributed by atoms with Gasteiger partial charge in [-0.25, -0.2) is 26.5 Å². The normalized spacial score (nSPS) is 12.8. The van der Waals surface area contributed by atoms with Crippen molar-refractivity contribution in [2.75, 3.05) is 24.3 Å². The number of benzene rings is 1. The van der Waals surface area contributed by atoms with Crippen LogP contribution in [0.4, 0.5) is 0 Å². The lowest BCUT2D eigenvalue weighted by molar-refractivity contribution is 0.578. The molecule has 1 aromatic heterocycles. The van der Waals surface area contributed by atoms with Crippen LogP contribution in [-0.2, 0) is 26.3 Å². The summed E-state index contributed by atoms with van der Waals surface area (Å²) in [4.78, 5) is 7.43. The van der Waals surface area contributed by atoms with E-state index in [-0.39, 0.29) is 12.3 Å². The Morgan fingerprint density at radius 1 is 1.14 bits per heavy atom. The predicted molar refractivity (Wildman–Crippen MR) is 81.3 cm³/mol.